The van der Waals surface area contributed by atoms with Crippen molar-refractivity contribution in [3.63, 3.8) is 0 Å². The standard InChI is InChI=1S/C13H13ClFNO/c1-9(13-3-2-6-17-13)16-8-10-7-11(14)4-5-12(10)15/h2-7,9,16H,8H2,1H3. The molecule has 1 heterocycles. The van der Waals surface area contributed by atoms with Crippen molar-refractivity contribution in [2.45, 2.75) is 19.5 Å². The van der Waals surface area contributed by atoms with Crippen molar-refractivity contribution in [3.05, 3.63) is 58.8 Å². The Hall–Kier alpha value is -1.32. The Morgan fingerprint density at radius 1 is 1.41 bits per heavy atom. The zero-order chi connectivity index (χ0) is 12.3. The van der Waals surface area contributed by atoms with Crippen LogP contribution in [0, 0.1) is 5.82 Å². The molecule has 1 aromatic carbocycles. The average molecular weight is 254 g/mol. The number of halogens is 2. The van der Waals surface area contributed by atoms with Crippen molar-refractivity contribution in [2.75, 3.05) is 0 Å². The van der Waals surface area contributed by atoms with Crippen molar-refractivity contribution >= 4 is 11.6 Å². The topological polar surface area (TPSA) is 25.2 Å². The minimum Gasteiger partial charge on any atom is -0.468 e. The molecule has 0 radical (unpaired) electrons. The molecule has 1 aromatic heterocycles. The van der Waals surface area contributed by atoms with Crippen LogP contribution >= 0.6 is 11.6 Å². The maximum atomic E-state index is 13.4. The fraction of sp³-hybridized carbons (Fsp3) is 0.231. The summed E-state index contributed by atoms with van der Waals surface area (Å²) in [4.78, 5) is 0. The summed E-state index contributed by atoms with van der Waals surface area (Å²) in [6, 6.07) is 8.27. The second kappa shape index (κ2) is 5.34. The molecule has 1 N–H and O–H groups in total. The molecule has 2 nitrogen and oxygen atoms in total. The van der Waals surface area contributed by atoms with Crippen molar-refractivity contribution in [3.8, 4) is 0 Å². The zero-order valence-electron chi connectivity index (χ0n) is 9.41. The van der Waals surface area contributed by atoms with Gasteiger partial charge in [-0.25, -0.2) is 4.39 Å². The van der Waals surface area contributed by atoms with Crippen molar-refractivity contribution in [1.29, 1.82) is 0 Å². The molecule has 1 atom stereocenters. The summed E-state index contributed by atoms with van der Waals surface area (Å²) in [5, 5.41) is 3.71. The quantitative estimate of drug-likeness (QED) is 0.893. The van der Waals surface area contributed by atoms with Gasteiger partial charge in [-0.3, -0.25) is 0 Å². The van der Waals surface area contributed by atoms with Crippen LogP contribution in [0.15, 0.2) is 41.0 Å². The van der Waals surface area contributed by atoms with E-state index in [9.17, 15) is 4.39 Å². The van der Waals surface area contributed by atoms with Crippen LogP contribution in [-0.2, 0) is 6.54 Å². The minimum atomic E-state index is -0.256. The predicted molar refractivity (Wildman–Crippen MR) is 65.4 cm³/mol. The molecule has 0 aliphatic carbocycles. The molecular formula is C13H13ClFNO. The van der Waals surface area contributed by atoms with E-state index < -0.39 is 0 Å². The van der Waals surface area contributed by atoms with E-state index >= 15 is 0 Å². The number of hydrogen-bond donors (Lipinski definition) is 1. The minimum absolute atomic E-state index is 0.0309. The van der Waals surface area contributed by atoms with Crippen molar-refractivity contribution < 1.29 is 8.81 Å². The molecule has 0 aliphatic heterocycles. The van der Waals surface area contributed by atoms with Crippen LogP contribution in [-0.4, -0.2) is 0 Å². The fourth-order valence-electron chi connectivity index (χ4n) is 1.58. The van der Waals surface area contributed by atoms with E-state index in [-0.39, 0.29) is 11.9 Å². The molecule has 0 amide bonds. The van der Waals surface area contributed by atoms with Gasteiger partial charge in [0.05, 0.1) is 12.3 Å². The molecule has 0 saturated heterocycles. The van der Waals surface area contributed by atoms with Crippen LogP contribution in [0.1, 0.15) is 24.3 Å². The molecule has 0 spiro atoms. The molecule has 17 heavy (non-hydrogen) atoms. The monoisotopic (exact) mass is 253 g/mol. The van der Waals surface area contributed by atoms with Gasteiger partial charge in [-0.05, 0) is 37.3 Å². The van der Waals surface area contributed by atoms with Crippen molar-refractivity contribution in [2.24, 2.45) is 0 Å². The summed E-state index contributed by atoms with van der Waals surface area (Å²) in [6.45, 7) is 2.37. The first kappa shape index (κ1) is 12.1. The highest BCUT2D eigenvalue weighted by molar-refractivity contribution is 6.30. The van der Waals surface area contributed by atoms with Crippen LogP contribution < -0.4 is 5.32 Å². The van der Waals surface area contributed by atoms with Crippen LogP contribution in [0.3, 0.4) is 0 Å². The first-order valence-corrected chi connectivity index (χ1v) is 5.75. The van der Waals surface area contributed by atoms with E-state index in [0.717, 1.165) is 5.76 Å². The Balaban J connectivity index is 2.00. The molecule has 1 unspecified atom stereocenters. The first-order valence-electron chi connectivity index (χ1n) is 5.37. The summed E-state index contributed by atoms with van der Waals surface area (Å²) in [6.07, 6.45) is 1.62. The van der Waals surface area contributed by atoms with Gasteiger partial charge in [-0.15, -0.1) is 0 Å². The third-order valence-electron chi connectivity index (χ3n) is 2.58. The lowest BCUT2D eigenvalue weighted by Crippen LogP contribution is -2.18. The fourth-order valence-corrected chi connectivity index (χ4v) is 1.77. The summed E-state index contributed by atoms with van der Waals surface area (Å²) >= 11 is 5.82. The molecule has 0 fully saturated rings. The SMILES string of the molecule is CC(NCc1cc(Cl)ccc1F)c1ccco1. The number of rotatable bonds is 4. The molecule has 2 aromatic rings. The molecule has 0 saturated carbocycles. The van der Waals surface area contributed by atoms with Crippen LogP contribution in [0.2, 0.25) is 5.02 Å². The lowest BCUT2D eigenvalue weighted by Gasteiger charge is -2.11. The van der Waals surface area contributed by atoms with Gasteiger partial charge < -0.3 is 9.73 Å². The number of hydrogen-bond acceptors (Lipinski definition) is 2. The average Bonchev–Trinajstić information content (AvgIpc) is 2.83. The molecular weight excluding hydrogens is 241 g/mol. The first-order chi connectivity index (χ1) is 8.16. The Morgan fingerprint density at radius 3 is 2.94 bits per heavy atom. The van der Waals surface area contributed by atoms with Crippen molar-refractivity contribution in [1.82, 2.24) is 5.32 Å². The van der Waals surface area contributed by atoms with Gasteiger partial charge in [0.25, 0.3) is 0 Å². The molecule has 90 valence electrons. The lowest BCUT2D eigenvalue weighted by molar-refractivity contribution is 0.427. The lowest BCUT2D eigenvalue weighted by atomic mass is 10.2. The van der Waals surface area contributed by atoms with Gasteiger partial charge in [0.15, 0.2) is 0 Å². The molecule has 2 rings (SSSR count). The van der Waals surface area contributed by atoms with E-state index in [2.05, 4.69) is 5.32 Å². The molecule has 0 aliphatic rings. The Kier molecular flexibility index (Phi) is 3.82. The predicted octanol–water partition coefficient (Wildman–Crippen LogP) is 3.92. The summed E-state index contributed by atoms with van der Waals surface area (Å²) < 4.78 is 18.7. The van der Waals surface area contributed by atoms with Gasteiger partial charge in [0.2, 0.25) is 0 Å². The van der Waals surface area contributed by atoms with Crippen LogP contribution in [0.5, 0.6) is 0 Å². The highest BCUT2D eigenvalue weighted by Gasteiger charge is 2.09. The van der Waals surface area contributed by atoms with E-state index in [1.165, 1.54) is 12.1 Å². The van der Waals surface area contributed by atoms with E-state index in [1.807, 2.05) is 19.1 Å². The zero-order valence-corrected chi connectivity index (χ0v) is 10.2. The normalized spacial score (nSPS) is 12.6. The highest BCUT2D eigenvalue weighted by atomic mass is 35.5. The maximum absolute atomic E-state index is 13.4. The van der Waals surface area contributed by atoms with Gasteiger partial charge in [-0.1, -0.05) is 11.6 Å². The third kappa shape index (κ3) is 3.08. The second-order valence-electron chi connectivity index (χ2n) is 3.85. The number of benzene rings is 1. The smallest absolute Gasteiger partial charge is 0.127 e. The number of nitrogens with one attached hydrogen (secondary N) is 1. The summed E-state index contributed by atoms with van der Waals surface area (Å²) in [5.41, 5.74) is 0.552. The summed E-state index contributed by atoms with van der Waals surface area (Å²) in [7, 11) is 0. The van der Waals surface area contributed by atoms with E-state index in [0.29, 0.717) is 17.1 Å². The van der Waals surface area contributed by atoms with E-state index in [4.69, 9.17) is 16.0 Å². The Labute approximate surface area is 104 Å². The largest absolute Gasteiger partial charge is 0.468 e. The Bertz CT molecular complexity index is 484. The summed E-state index contributed by atoms with van der Waals surface area (Å²) in [5.74, 6) is 0.570. The highest BCUT2D eigenvalue weighted by Crippen LogP contribution is 2.17. The van der Waals surface area contributed by atoms with Gasteiger partial charge >= 0.3 is 0 Å². The third-order valence-corrected chi connectivity index (χ3v) is 2.81. The number of furan rings is 1. The van der Waals surface area contributed by atoms with E-state index in [1.54, 1.807) is 12.3 Å². The van der Waals surface area contributed by atoms with Crippen LogP contribution in [0.25, 0.3) is 0 Å². The molecule has 4 heteroatoms. The van der Waals surface area contributed by atoms with Crippen LogP contribution in [0.4, 0.5) is 4.39 Å². The maximum Gasteiger partial charge on any atom is 0.127 e. The Morgan fingerprint density at radius 2 is 2.24 bits per heavy atom. The van der Waals surface area contributed by atoms with Gasteiger partial charge in [0, 0.05) is 17.1 Å². The second-order valence-corrected chi connectivity index (χ2v) is 4.29. The van der Waals surface area contributed by atoms with Gasteiger partial charge in [-0.2, -0.15) is 0 Å². The van der Waals surface area contributed by atoms with Gasteiger partial charge in [0.1, 0.15) is 11.6 Å². The molecule has 0 bridgehead atoms.